The zero-order valence-electron chi connectivity index (χ0n) is 12.0. The summed E-state index contributed by atoms with van der Waals surface area (Å²) in [5, 5.41) is 13.4. The lowest BCUT2D eigenvalue weighted by molar-refractivity contribution is -0.155. The minimum atomic E-state index is -1.17. The lowest BCUT2D eigenvalue weighted by Gasteiger charge is -2.19. The number of hydrogen-bond donors (Lipinski definition) is 1. The molecule has 1 fully saturated rings. The third kappa shape index (κ3) is 2.22. The molecule has 1 aromatic rings. The molecule has 0 radical (unpaired) electrons. The van der Waals surface area contributed by atoms with Crippen molar-refractivity contribution in [2.45, 2.75) is 45.3 Å². The van der Waals surface area contributed by atoms with Crippen molar-refractivity contribution >= 4 is 17.7 Å². The summed E-state index contributed by atoms with van der Waals surface area (Å²) in [6.07, 6.45) is 0.685. The molecule has 112 valence electrons. The van der Waals surface area contributed by atoms with E-state index in [9.17, 15) is 19.5 Å². The van der Waals surface area contributed by atoms with E-state index < -0.39 is 17.5 Å². The monoisotopic (exact) mass is 292 g/mol. The molecule has 0 saturated heterocycles. The molecular weight excluding hydrogens is 276 g/mol. The fraction of sp³-hybridized carbons (Fsp3) is 0.571. The number of Topliss-reactive ketones (excluding diaryl/α,β-unsaturated/α-hetero) is 1. The Morgan fingerprint density at radius 2 is 2.05 bits per heavy atom. The molecule has 0 bridgehead atoms. The number of carboxylic acids is 1. The first-order valence-corrected chi connectivity index (χ1v) is 6.79. The lowest BCUT2D eigenvalue weighted by Crippen LogP contribution is -2.28. The number of rotatable bonds is 3. The van der Waals surface area contributed by atoms with Gasteiger partial charge in [-0.2, -0.15) is 5.10 Å². The van der Waals surface area contributed by atoms with Gasteiger partial charge < -0.3 is 9.84 Å². The maximum atomic E-state index is 12.0. The van der Waals surface area contributed by atoms with Gasteiger partial charge in [-0.05, 0) is 33.1 Å². The minimum Gasteiger partial charge on any atom is -0.477 e. The van der Waals surface area contributed by atoms with E-state index in [1.807, 2.05) is 0 Å². The molecule has 1 heterocycles. The molecule has 2 unspecified atom stereocenters. The molecule has 7 nitrogen and oxygen atoms in total. The van der Waals surface area contributed by atoms with Crippen molar-refractivity contribution in [3.05, 3.63) is 17.0 Å². The van der Waals surface area contributed by atoms with Crippen LogP contribution in [0.3, 0.4) is 0 Å². The number of ether oxygens (including phenoxy) is 1. The molecular formula is C14H16N2O5. The fourth-order valence-electron chi connectivity index (χ4n) is 2.82. The van der Waals surface area contributed by atoms with Gasteiger partial charge in [-0.15, -0.1) is 0 Å². The molecule has 0 spiro atoms. The predicted octanol–water partition coefficient (Wildman–Crippen LogP) is 1.22. The number of hydrogen-bond acceptors (Lipinski definition) is 5. The SMILES string of the molecule is CC(C)(C)OC(=O)Cn1nc2c(c1C(=O)O)C1CC1C2=O. The number of ketones is 1. The highest BCUT2D eigenvalue weighted by molar-refractivity contribution is 6.07. The third-order valence-corrected chi connectivity index (χ3v) is 3.62. The second-order valence-electron chi connectivity index (χ2n) is 6.47. The van der Waals surface area contributed by atoms with Crippen molar-refractivity contribution in [2.75, 3.05) is 0 Å². The fourth-order valence-corrected chi connectivity index (χ4v) is 2.82. The van der Waals surface area contributed by atoms with Crippen LogP contribution in [-0.2, 0) is 16.1 Å². The highest BCUT2D eigenvalue weighted by Crippen LogP contribution is 2.56. The van der Waals surface area contributed by atoms with Crippen molar-refractivity contribution in [1.82, 2.24) is 9.78 Å². The van der Waals surface area contributed by atoms with Crippen LogP contribution in [0.5, 0.6) is 0 Å². The number of esters is 1. The van der Waals surface area contributed by atoms with E-state index in [0.29, 0.717) is 12.0 Å². The van der Waals surface area contributed by atoms with Crippen LogP contribution in [-0.4, -0.2) is 38.2 Å². The second-order valence-corrected chi connectivity index (χ2v) is 6.47. The van der Waals surface area contributed by atoms with Crippen LogP contribution in [0.2, 0.25) is 0 Å². The second kappa shape index (κ2) is 4.16. The Hall–Kier alpha value is -2.18. The first-order valence-electron chi connectivity index (χ1n) is 6.79. The maximum absolute atomic E-state index is 12.0. The topological polar surface area (TPSA) is 98.5 Å². The number of carboxylic acid groups (broad SMARTS) is 1. The number of nitrogens with zero attached hydrogens (tertiary/aromatic N) is 2. The van der Waals surface area contributed by atoms with Gasteiger partial charge in [0.15, 0.2) is 11.5 Å². The highest BCUT2D eigenvalue weighted by atomic mass is 16.6. The standard InChI is InChI=1S/C14H16N2O5/c1-14(2,3)21-8(17)5-16-11(13(19)20)9-6-4-7(6)12(18)10(9)15-16/h6-7H,4-5H2,1-3H3,(H,19,20). The molecule has 3 rings (SSSR count). The van der Waals surface area contributed by atoms with E-state index in [1.54, 1.807) is 20.8 Å². The molecule has 0 aliphatic heterocycles. The Kier molecular flexibility index (Phi) is 2.73. The van der Waals surface area contributed by atoms with Gasteiger partial charge >= 0.3 is 11.9 Å². The van der Waals surface area contributed by atoms with E-state index in [1.165, 1.54) is 0 Å². The number of aromatic carboxylic acids is 1. The summed E-state index contributed by atoms with van der Waals surface area (Å²) in [4.78, 5) is 35.3. The average Bonchev–Trinajstić information content (AvgIpc) is 2.93. The first kappa shape index (κ1) is 13.8. The average molecular weight is 292 g/mol. The van der Waals surface area contributed by atoms with Crippen molar-refractivity contribution in [2.24, 2.45) is 5.92 Å². The van der Waals surface area contributed by atoms with Gasteiger partial charge in [0.1, 0.15) is 17.8 Å². The summed E-state index contributed by atoms with van der Waals surface area (Å²) in [5.41, 5.74) is -0.0270. The summed E-state index contributed by atoms with van der Waals surface area (Å²) in [6, 6.07) is 0. The number of carbonyl (C=O) groups excluding carboxylic acids is 2. The highest BCUT2D eigenvalue weighted by Gasteiger charge is 2.56. The largest absolute Gasteiger partial charge is 0.477 e. The number of carbonyl (C=O) groups is 3. The van der Waals surface area contributed by atoms with E-state index in [-0.39, 0.29) is 35.6 Å². The molecule has 2 aliphatic rings. The first-order chi connectivity index (χ1) is 9.69. The van der Waals surface area contributed by atoms with Gasteiger partial charge in [0.05, 0.1) is 0 Å². The summed E-state index contributed by atoms with van der Waals surface area (Å²) >= 11 is 0. The quantitative estimate of drug-likeness (QED) is 0.841. The summed E-state index contributed by atoms with van der Waals surface area (Å²) in [6.45, 7) is 4.87. The third-order valence-electron chi connectivity index (χ3n) is 3.62. The van der Waals surface area contributed by atoms with Gasteiger partial charge in [0.2, 0.25) is 0 Å². The van der Waals surface area contributed by atoms with Crippen LogP contribution in [0.15, 0.2) is 0 Å². The molecule has 1 aromatic heterocycles. The Morgan fingerprint density at radius 1 is 1.38 bits per heavy atom. The smallest absolute Gasteiger partial charge is 0.354 e. The number of aromatic nitrogens is 2. The van der Waals surface area contributed by atoms with Crippen molar-refractivity contribution < 1.29 is 24.2 Å². The van der Waals surface area contributed by atoms with Crippen LogP contribution in [0.4, 0.5) is 0 Å². The molecule has 0 aromatic carbocycles. The van der Waals surface area contributed by atoms with E-state index in [0.717, 1.165) is 4.68 Å². The number of fused-ring (bicyclic) bond motifs is 3. The molecule has 0 amide bonds. The maximum Gasteiger partial charge on any atom is 0.354 e. The van der Waals surface area contributed by atoms with Crippen LogP contribution in [0.25, 0.3) is 0 Å². The molecule has 2 aliphatic carbocycles. The zero-order chi connectivity index (χ0) is 15.5. The van der Waals surface area contributed by atoms with Gasteiger partial charge in [-0.3, -0.25) is 9.59 Å². The van der Waals surface area contributed by atoms with Gasteiger partial charge in [-0.1, -0.05) is 0 Å². The van der Waals surface area contributed by atoms with Crippen LogP contribution < -0.4 is 0 Å². The normalized spacial score (nSPS) is 22.7. The molecule has 1 saturated carbocycles. The molecule has 2 atom stereocenters. The summed E-state index contributed by atoms with van der Waals surface area (Å²) in [7, 11) is 0. The molecule has 7 heteroatoms. The summed E-state index contributed by atoms with van der Waals surface area (Å²) in [5.74, 6) is -2.00. The van der Waals surface area contributed by atoms with Crippen molar-refractivity contribution in [1.29, 1.82) is 0 Å². The van der Waals surface area contributed by atoms with Gasteiger partial charge in [0, 0.05) is 11.5 Å². The lowest BCUT2D eigenvalue weighted by atomic mass is 10.1. The Morgan fingerprint density at radius 3 is 2.62 bits per heavy atom. The predicted molar refractivity (Wildman–Crippen MR) is 70.2 cm³/mol. The molecule has 1 N–H and O–H groups in total. The Labute approximate surface area is 120 Å². The van der Waals surface area contributed by atoms with E-state index >= 15 is 0 Å². The Bertz CT molecular complexity index is 668. The zero-order valence-corrected chi connectivity index (χ0v) is 12.0. The van der Waals surface area contributed by atoms with Crippen LogP contribution in [0, 0.1) is 5.92 Å². The van der Waals surface area contributed by atoms with E-state index in [2.05, 4.69) is 5.10 Å². The van der Waals surface area contributed by atoms with Crippen LogP contribution >= 0.6 is 0 Å². The molecule has 21 heavy (non-hydrogen) atoms. The summed E-state index contributed by atoms with van der Waals surface area (Å²) < 4.78 is 6.24. The van der Waals surface area contributed by atoms with E-state index in [4.69, 9.17) is 4.74 Å². The van der Waals surface area contributed by atoms with Crippen molar-refractivity contribution in [3.63, 3.8) is 0 Å². The Balaban J connectivity index is 1.92. The van der Waals surface area contributed by atoms with Gasteiger partial charge in [-0.25, -0.2) is 9.48 Å². The minimum absolute atomic E-state index is 0.0361. The van der Waals surface area contributed by atoms with Gasteiger partial charge in [0.25, 0.3) is 0 Å². The van der Waals surface area contributed by atoms with Crippen LogP contribution in [0.1, 0.15) is 59.7 Å². The van der Waals surface area contributed by atoms with Crippen molar-refractivity contribution in [3.8, 4) is 0 Å².